The topological polar surface area (TPSA) is 81.2 Å². The molecule has 0 unspecified atom stereocenters. The van der Waals surface area contributed by atoms with Crippen molar-refractivity contribution in [3.63, 3.8) is 0 Å². The summed E-state index contributed by atoms with van der Waals surface area (Å²) >= 11 is 0. The molecule has 0 aromatic carbocycles. The number of nitrogens with one attached hydrogen (secondary N) is 1. The lowest BCUT2D eigenvalue weighted by Crippen LogP contribution is -2.48. The Hall–Kier alpha value is -1.36. The number of carbonyl (C=O) groups excluding carboxylic acids is 1. The maximum Gasteiger partial charge on any atom is 0.256 e. The highest BCUT2D eigenvalue weighted by Gasteiger charge is 2.21. The number of nitrogens with two attached hydrogens (primary N) is 1. The van der Waals surface area contributed by atoms with Crippen LogP contribution in [0, 0.1) is 6.92 Å². The molecule has 1 aromatic rings. The summed E-state index contributed by atoms with van der Waals surface area (Å²) in [6.45, 7) is 5.78. The second kappa shape index (κ2) is 3.79. The van der Waals surface area contributed by atoms with E-state index >= 15 is 0 Å². The number of hydrogen-bond donors (Lipinski definition) is 2. The minimum atomic E-state index is -0.416. The van der Waals surface area contributed by atoms with Crippen molar-refractivity contribution < 1.29 is 9.32 Å². The van der Waals surface area contributed by atoms with Gasteiger partial charge in [-0.1, -0.05) is 5.16 Å². The largest absolute Gasteiger partial charge is 0.361 e. The molecule has 0 radical (unpaired) electrons. The van der Waals surface area contributed by atoms with Gasteiger partial charge >= 0.3 is 0 Å². The third-order valence-corrected chi connectivity index (χ3v) is 1.96. The van der Waals surface area contributed by atoms with E-state index in [0.717, 1.165) is 0 Å². The summed E-state index contributed by atoms with van der Waals surface area (Å²) in [7, 11) is 0. The fraction of sp³-hybridized carbons (Fsp3) is 0.556. The van der Waals surface area contributed by atoms with E-state index in [1.165, 1.54) is 6.20 Å². The highest BCUT2D eigenvalue weighted by molar-refractivity contribution is 5.95. The van der Waals surface area contributed by atoms with Gasteiger partial charge in [-0.05, 0) is 20.8 Å². The Morgan fingerprint density at radius 1 is 1.71 bits per heavy atom. The first-order valence-corrected chi connectivity index (χ1v) is 4.40. The summed E-state index contributed by atoms with van der Waals surface area (Å²) in [6, 6.07) is 0. The molecule has 5 heteroatoms. The number of amides is 1. The van der Waals surface area contributed by atoms with Crippen molar-refractivity contribution in [1.82, 2.24) is 10.5 Å². The summed E-state index contributed by atoms with van der Waals surface area (Å²) in [6.07, 6.45) is 1.40. The maximum absolute atomic E-state index is 11.6. The van der Waals surface area contributed by atoms with E-state index in [1.54, 1.807) is 6.92 Å². The van der Waals surface area contributed by atoms with Crippen LogP contribution in [0.3, 0.4) is 0 Å². The molecule has 1 aromatic heterocycles. The van der Waals surface area contributed by atoms with Crippen molar-refractivity contribution >= 4 is 5.91 Å². The first-order valence-electron chi connectivity index (χ1n) is 4.40. The monoisotopic (exact) mass is 197 g/mol. The summed E-state index contributed by atoms with van der Waals surface area (Å²) < 4.78 is 4.79. The number of aromatic nitrogens is 1. The molecular weight excluding hydrogens is 182 g/mol. The lowest BCUT2D eigenvalue weighted by atomic mass is 10.1. The van der Waals surface area contributed by atoms with E-state index in [1.807, 2.05) is 13.8 Å². The van der Waals surface area contributed by atoms with Gasteiger partial charge in [-0.2, -0.15) is 0 Å². The summed E-state index contributed by atoms with van der Waals surface area (Å²) in [5.41, 5.74) is 5.53. The Morgan fingerprint density at radius 3 is 2.79 bits per heavy atom. The highest BCUT2D eigenvalue weighted by Crippen LogP contribution is 2.08. The first-order chi connectivity index (χ1) is 6.46. The fourth-order valence-electron chi connectivity index (χ4n) is 0.942. The molecule has 0 bridgehead atoms. The van der Waals surface area contributed by atoms with E-state index in [0.29, 0.717) is 17.9 Å². The van der Waals surface area contributed by atoms with Gasteiger partial charge in [0, 0.05) is 12.1 Å². The third kappa shape index (κ3) is 2.32. The first kappa shape index (κ1) is 10.7. The molecule has 5 nitrogen and oxygen atoms in total. The van der Waals surface area contributed by atoms with Gasteiger partial charge < -0.3 is 15.6 Å². The normalized spacial score (nSPS) is 11.4. The van der Waals surface area contributed by atoms with Gasteiger partial charge in [0.05, 0.1) is 6.20 Å². The predicted molar refractivity (Wildman–Crippen MR) is 51.8 cm³/mol. The molecule has 1 rings (SSSR count). The molecule has 0 aliphatic rings. The van der Waals surface area contributed by atoms with Crippen LogP contribution in [-0.2, 0) is 0 Å². The van der Waals surface area contributed by atoms with Crippen LogP contribution in [-0.4, -0.2) is 23.1 Å². The molecule has 1 heterocycles. The van der Waals surface area contributed by atoms with Crippen LogP contribution in [0.15, 0.2) is 10.7 Å². The molecule has 0 spiro atoms. The Morgan fingerprint density at radius 2 is 2.36 bits per heavy atom. The molecule has 0 saturated carbocycles. The van der Waals surface area contributed by atoms with Crippen molar-refractivity contribution in [2.45, 2.75) is 26.3 Å². The van der Waals surface area contributed by atoms with E-state index in [2.05, 4.69) is 10.5 Å². The molecule has 3 N–H and O–H groups in total. The molecule has 78 valence electrons. The van der Waals surface area contributed by atoms with Crippen molar-refractivity contribution in [2.75, 3.05) is 6.54 Å². The van der Waals surface area contributed by atoms with Crippen molar-refractivity contribution in [1.29, 1.82) is 0 Å². The van der Waals surface area contributed by atoms with Crippen LogP contribution in [0.1, 0.15) is 30.0 Å². The molecule has 0 atom stereocenters. The highest BCUT2D eigenvalue weighted by atomic mass is 16.5. The van der Waals surface area contributed by atoms with E-state index in [-0.39, 0.29) is 5.91 Å². The zero-order valence-electron chi connectivity index (χ0n) is 8.63. The Balaban J connectivity index is 2.73. The number of rotatable bonds is 3. The minimum absolute atomic E-state index is 0.209. The quantitative estimate of drug-likeness (QED) is 0.737. The van der Waals surface area contributed by atoms with Crippen molar-refractivity contribution in [3.8, 4) is 0 Å². The lowest BCUT2D eigenvalue weighted by molar-refractivity contribution is 0.0914. The number of hydrogen-bond acceptors (Lipinski definition) is 4. The van der Waals surface area contributed by atoms with Crippen LogP contribution in [0.2, 0.25) is 0 Å². The minimum Gasteiger partial charge on any atom is -0.361 e. The van der Waals surface area contributed by atoms with Crippen LogP contribution < -0.4 is 11.1 Å². The number of carbonyl (C=O) groups is 1. The van der Waals surface area contributed by atoms with Gasteiger partial charge in [-0.25, -0.2) is 0 Å². The fourth-order valence-corrected chi connectivity index (χ4v) is 0.942. The zero-order valence-corrected chi connectivity index (χ0v) is 8.63. The van der Waals surface area contributed by atoms with Gasteiger partial charge in [0.2, 0.25) is 0 Å². The van der Waals surface area contributed by atoms with E-state index in [4.69, 9.17) is 10.3 Å². The van der Waals surface area contributed by atoms with Gasteiger partial charge in [0.25, 0.3) is 5.91 Å². The van der Waals surface area contributed by atoms with Crippen LogP contribution in [0.5, 0.6) is 0 Å². The summed E-state index contributed by atoms with van der Waals surface area (Å²) in [4.78, 5) is 11.6. The second-order valence-electron chi connectivity index (χ2n) is 3.84. The van der Waals surface area contributed by atoms with Crippen LogP contribution in [0.4, 0.5) is 0 Å². The standard InChI is InChI=1S/C9H15N3O2/c1-6-7(4-11-14-6)8(13)12-9(2,3)5-10/h4H,5,10H2,1-3H3,(H,12,13). The van der Waals surface area contributed by atoms with E-state index in [9.17, 15) is 4.79 Å². The lowest BCUT2D eigenvalue weighted by Gasteiger charge is -2.23. The smallest absolute Gasteiger partial charge is 0.256 e. The van der Waals surface area contributed by atoms with Crippen molar-refractivity contribution in [2.24, 2.45) is 5.73 Å². The van der Waals surface area contributed by atoms with Gasteiger partial charge in [0.15, 0.2) is 0 Å². The molecular formula is C9H15N3O2. The Bertz CT molecular complexity index is 331. The van der Waals surface area contributed by atoms with E-state index < -0.39 is 5.54 Å². The molecule has 14 heavy (non-hydrogen) atoms. The molecule has 0 fully saturated rings. The maximum atomic E-state index is 11.6. The predicted octanol–water partition coefficient (Wildman–Crippen LogP) is 0.450. The average molecular weight is 197 g/mol. The van der Waals surface area contributed by atoms with Gasteiger partial charge in [-0.3, -0.25) is 4.79 Å². The average Bonchev–Trinajstić information content (AvgIpc) is 2.51. The van der Waals surface area contributed by atoms with Crippen LogP contribution in [0.25, 0.3) is 0 Å². The molecule has 0 saturated heterocycles. The van der Waals surface area contributed by atoms with Gasteiger partial charge in [-0.15, -0.1) is 0 Å². The number of nitrogens with zero attached hydrogens (tertiary/aromatic N) is 1. The zero-order chi connectivity index (χ0) is 10.8. The second-order valence-corrected chi connectivity index (χ2v) is 3.84. The summed E-state index contributed by atoms with van der Waals surface area (Å²) in [5, 5.41) is 6.32. The third-order valence-electron chi connectivity index (χ3n) is 1.96. The summed E-state index contributed by atoms with van der Waals surface area (Å²) in [5.74, 6) is 0.300. The van der Waals surface area contributed by atoms with Gasteiger partial charge in [0.1, 0.15) is 11.3 Å². The molecule has 1 amide bonds. The molecule has 0 aliphatic heterocycles. The number of aryl methyl sites for hydroxylation is 1. The SMILES string of the molecule is Cc1oncc1C(=O)NC(C)(C)CN. The Kier molecular flexibility index (Phi) is 2.90. The Labute approximate surface area is 82.6 Å². The molecule has 0 aliphatic carbocycles. The van der Waals surface area contributed by atoms with Crippen molar-refractivity contribution in [3.05, 3.63) is 17.5 Å². The van der Waals surface area contributed by atoms with Crippen LogP contribution >= 0.6 is 0 Å².